The van der Waals surface area contributed by atoms with Gasteiger partial charge in [0.1, 0.15) is 0 Å². The number of nitrogens with zero attached hydrogens (tertiary/aromatic N) is 1. The van der Waals surface area contributed by atoms with Gasteiger partial charge in [-0.1, -0.05) is 41.1 Å². The zero-order valence-electron chi connectivity index (χ0n) is 8.18. The minimum Gasteiger partial charge on any atom is -0.210 e. The van der Waals surface area contributed by atoms with Gasteiger partial charge in [0.25, 0.3) is 0 Å². The Balaban J connectivity index is 2.80. The van der Waals surface area contributed by atoms with E-state index in [1.807, 2.05) is 0 Å². The summed E-state index contributed by atoms with van der Waals surface area (Å²) in [5.41, 5.74) is 0.636. The van der Waals surface area contributed by atoms with Crippen LogP contribution in [0.1, 0.15) is 12.5 Å². The number of hydrogen-bond acceptors (Lipinski definition) is 1. The van der Waals surface area contributed by atoms with Gasteiger partial charge in [-0.3, -0.25) is 0 Å². The Hall–Kier alpha value is -0.550. The van der Waals surface area contributed by atoms with Crippen molar-refractivity contribution in [2.24, 2.45) is 0 Å². The summed E-state index contributed by atoms with van der Waals surface area (Å²) in [5.74, 6) is 0. The highest BCUT2D eigenvalue weighted by Gasteiger charge is 2.35. The zero-order chi connectivity index (χ0) is 11.5. The minimum absolute atomic E-state index is 0.0508. The predicted molar refractivity (Wildman–Crippen MR) is 56.3 cm³/mol. The highest BCUT2D eigenvalue weighted by molar-refractivity contribution is 9.10. The van der Waals surface area contributed by atoms with Crippen molar-refractivity contribution in [1.29, 1.82) is 0 Å². The van der Waals surface area contributed by atoms with Crippen molar-refractivity contribution in [2.45, 2.75) is 19.8 Å². The van der Waals surface area contributed by atoms with E-state index < -0.39 is 6.30 Å². The van der Waals surface area contributed by atoms with Crippen LogP contribution in [0.25, 0.3) is 0 Å². The Morgan fingerprint density at radius 2 is 1.87 bits per heavy atom. The van der Waals surface area contributed by atoms with Crippen molar-refractivity contribution < 1.29 is 13.2 Å². The second-order valence-electron chi connectivity index (χ2n) is 3.07. The summed E-state index contributed by atoms with van der Waals surface area (Å²) in [6, 6.07) is 6.92. The average molecular weight is 282 g/mol. The zero-order valence-corrected chi connectivity index (χ0v) is 9.77. The second-order valence-corrected chi connectivity index (χ2v) is 3.93. The molecule has 0 amide bonds. The van der Waals surface area contributed by atoms with E-state index in [4.69, 9.17) is 0 Å². The topological polar surface area (TPSA) is 3.24 Å². The lowest BCUT2D eigenvalue weighted by atomic mass is 10.2. The highest BCUT2D eigenvalue weighted by Crippen LogP contribution is 2.25. The molecule has 0 atom stereocenters. The van der Waals surface area contributed by atoms with E-state index in [0.717, 1.165) is 0 Å². The van der Waals surface area contributed by atoms with Crippen molar-refractivity contribution in [1.82, 2.24) is 4.90 Å². The van der Waals surface area contributed by atoms with Gasteiger partial charge in [0.05, 0.1) is 0 Å². The van der Waals surface area contributed by atoms with Crippen LogP contribution in [0.5, 0.6) is 0 Å². The van der Waals surface area contributed by atoms with Crippen LogP contribution >= 0.6 is 15.9 Å². The molecule has 0 radical (unpaired) electrons. The van der Waals surface area contributed by atoms with Crippen LogP contribution in [0.15, 0.2) is 28.7 Å². The van der Waals surface area contributed by atoms with Crippen LogP contribution in [0.3, 0.4) is 0 Å². The van der Waals surface area contributed by atoms with Crippen molar-refractivity contribution >= 4 is 15.9 Å². The van der Waals surface area contributed by atoms with Crippen LogP contribution in [0.4, 0.5) is 13.2 Å². The molecule has 5 heteroatoms. The first-order valence-corrected chi connectivity index (χ1v) is 5.29. The minimum atomic E-state index is -4.27. The van der Waals surface area contributed by atoms with E-state index >= 15 is 0 Å². The maximum atomic E-state index is 12.4. The SMILES string of the molecule is CCN(Cc1ccccc1Br)C(F)(F)F. The molecule has 84 valence electrons. The monoisotopic (exact) mass is 281 g/mol. The van der Waals surface area contributed by atoms with E-state index in [0.29, 0.717) is 14.9 Å². The van der Waals surface area contributed by atoms with Crippen molar-refractivity contribution in [3.8, 4) is 0 Å². The summed E-state index contributed by atoms with van der Waals surface area (Å²) >= 11 is 3.23. The number of benzene rings is 1. The number of halogens is 4. The van der Waals surface area contributed by atoms with Gasteiger partial charge < -0.3 is 0 Å². The molecule has 1 nitrogen and oxygen atoms in total. The van der Waals surface area contributed by atoms with Crippen LogP contribution in [0, 0.1) is 0 Å². The Morgan fingerprint density at radius 1 is 1.27 bits per heavy atom. The summed E-state index contributed by atoms with van der Waals surface area (Å²) < 4.78 is 38.0. The third-order valence-electron chi connectivity index (χ3n) is 2.06. The molecule has 0 spiro atoms. The van der Waals surface area contributed by atoms with Gasteiger partial charge in [-0.25, -0.2) is 4.90 Å². The molecule has 0 aromatic heterocycles. The van der Waals surface area contributed by atoms with E-state index in [1.165, 1.54) is 6.92 Å². The normalized spacial score (nSPS) is 12.1. The molecule has 0 heterocycles. The molecule has 0 aliphatic heterocycles. The molecule has 0 bridgehead atoms. The first-order chi connectivity index (χ1) is 6.95. The first kappa shape index (κ1) is 12.5. The fourth-order valence-electron chi connectivity index (χ4n) is 1.21. The molecule has 1 aromatic rings. The maximum Gasteiger partial charge on any atom is 0.460 e. The largest absolute Gasteiger partial charge is 0.460 e. The Bertz CT molecular complexity index is 325. The van der Waals surface area contributed by atoms with Gasteiger partial charge in [0.2, 0.25) is 0 Å². The first-order valence-electron chi connectivity index (χ1n) is 4.50. The predicted octanol–water partition coefficient (Wildman–Crippen LogP) is 3.79. The van der Waals surface area contributed by atoms with E-state index in [1.54, 1.807) is 24.3 Å². The van der Waals surface area contributed by atoms with Crippen LogP contribution in [0.2, 0.25) is 0 Å². The fourth-order valence-corrected chi connectivity index (χ4v) is 1.62. The average Bonchev–Trinajstić information content (AvgIpc) is 2.14. The molecule has 0 saturated carbocycles. The molecule has 0 unspecified atom stereocenters. The Labute approximate surface area is 95.0 Å². The summed E-state index contributed by atoms with van der Waals surface area (Å²) in [5, 5.41) is 0. The third-order valence-corrected chi connectivity index (χ3v) is 2.83. The smallest absolute Gasteiger partial charge is 0.210 e. The molecule has 1 rings (SSSR count). The van der Waals surface area contributed by atoms with Crippen LogP contribution < -0.4 is 0 Å². The molecular formula is C10H11BrF3N. The molecule has 0 aliphatic rings. The summed E-state index contributed by atoms with van der Waals surface area (Å²) in [4.78, 5) is 0.465. The van der Waals surface area contributed by atoms with Crippen molar-refractivity contribution in [3.05, 3.63) is 34.3 Å². The number of alkyl halides is 3. The number of rotatable bonds is 3. The van der Waals surface area contributed by atoms with Gasteiger partial charge in [0, 0.05) is 17.6 Å². The third kappa shape index (κ3) is 3.50. The van der Waals surface area contributed by atoms with E-state index in [9.17, 15) is 13.2 Å². The summed E-state index contributed by atoms with van der Waals surface area (Å²) in [6.45, 7) is 1.32. The lowest BCUT2D eigenvalue weighted by molar-refractivity contribution is -0.247. The lowest BCUT2D eigenvalue weighted by Crippen LogP contribution is -2.37. The summed E-state index contributed by atoms with van der Waals surface area (Å²) in [6.07, 6.45) is -4.27. The van der Waals surface area contributed by atoms with E-state index in [2.05, 4.69) is 15.9 Å². The lowest BCUT2D eigenvalue weighted by Gasteiger charge is -2.23. The molecule has 1 aromatic carbocycles. The molecule has 15 heavy (non-hydrogen) atoms. The van der Waals surface area contributed by atoms with Gasteiger partial charge in [0.15, 0.2) is 0 Å². The van der Waals surface area contributed by atoms with E-state index in [-0.39, 0.29) is 13.1 Å². The second kappa shape index (κ2) is 4.99. The van der Waals surface area contributed by atoms with Crippen molar-refractivity contribution in [2.75, 3.05) is 6.54 Å². The van der Waals surface area contributed by atoms with Gasteiger partial charge >= 0.3 is 6.30 Å². The van der Waals surface area contributed by atoms with Crippen LogP contribution in [-0.2, 0) is 6.54 Å². The number of hydrogen-bond donors (Lipinski definition) is 0. The fraction of sp³-hybridized carbons (Fsp3) is 0.400. The molecule has 0 aliphatic carbocycles. The van der Waals surface area contributed by atoms with Gasteiger partial charge in [-0.2, -0.15) is 13.2 Å². The molecule has 0 fully saturated rings. The van der Waals surface area contributed by atoms with Gasteiger partial charge in [-0.05, 0) is 11.6 Å². The Kier molecular flexibility index (Phi) is 4.16. The Morgan fingerprint density at radius 3 is 2.33 bits per heavy atom. The van der Waals surface area contributed by atoms with Crippen molar-refractivity contribution in [3.63, 3.8) is 0 Å². The summed E-state index contributed by atoms with van der Waals surface area (Å²) in [7, 11) is 0. The quantitative estimate of drug-likeness (QED) is 0.762. The molecule has 0 saturated heterocycles. The molecule has 0 N–H and O–H groups in total. The maximum absolute atomic E-state index is 12.4. The molecular weight excluding hydrogens is 271 g/mol. The van der Waals surface area contributed by atoms with Crippen LogP contribution in [-0.4, -0.2) is 17.7 Å². The van der Waals surface area contributed by atoms with Gasteiger partial charge in [-0.15, -0.1) is 0 Å². The standard InChI is InChI=1S/C10H11BrF3N/c1-2-15(10(12,13)14)7-8-5-3-4-6-9(8)11/h3-6H,2,7H2,1H3. The highest BCUT2D eigenvalue weighted by atomic mass is 79.9.